The number of pyridine rings is 1. The molecule has 0 saturated heterocycles. The van der Waals surface area contributed by atoms with Crippen LogP contribution >= 0.6 is 12.4 Å². The molecular formula is C18H20ClNO2. The van der Waals surface area contributed by atoms with E-state index in [1.807, 2.05) is 36.5 Å². The van der Waals surface area contributed by atoms with Crippen LogP contribution in [0.15, 0.2) is 60.9 Å². The Balaban J connectivity index is 0.00000242. The summed E-state index contributed by atoms with van der Waals surface area (Å²) in [5.74, 6) is -0.727. The molecule has 22 heavy (non-hydrogen) atoms. The number of aliphatic carboxylic acids is 1. The molecule has 1 aromatic carbocycles. The lowest BCUT2D eigenvalue weighted by Crippen LogP contribution is -1.93. The molecule has 0 aliphatic heterocycles. The molecular weight excluding hydrogens is 298 g/mol. The molecule has 0 atom stereocenters. The fraction of sp³-hybridized carbons (Fsp3) is 0.222. The quantitative estimate of drug-likeness (QED) is 0.760. The average molecular weight is 318 g/mol. The van der Waals surface area contributed by atoms with Crippen molar-refractivity contribution in [1.29, 1.82) is 0 Å². The summed E-state index contributed by atoms with van der Waals surface area (Å²) in [5, 5.41) is 8.65. The van der Waals surface area contributed by atoms with Crippen LogP contribution in [0, 0.1) is 0 Å². The van der Waals surface area contributed by atoms with Crippen molar-refractivity contribution in [3.8, 4) is 0 Å². The maximum Gasteiger partial charge on any atom is 0.303 e. The van der Waals surface area contributed by atoms with E-state index in [1.165, 1.54) is 0 Å². The van der Waals surface area contributed by atoms with Crippen LogP contribution in [0.1, 0.15) is 36.8 Å². The first-order chi connectivity index (χ1) is 10.3. The first-order valence-electron chi connectivity index (χ1n) is 7.15. The van der Waals surface area contributed by atoms with Crippen molar-refractivity contribution in [2.45, 2.75) is 25.7 Å². The Morgan fingerprint density at radius 3 is 2.41 bits per heavy atom. The number of allylic oxidation sites excluding steroid dienone is 1. The third-order valence-electron chi connectivity index (χ3n) is 3.25. The molecule has 3 nitrogen and oxygen atoms in total. The zero-order valence-corrected chi connectivity index (χ0v) is 13.1. The van der Waals surface area contributed by atoms with Crippen molar-refractivity contribution < 1.29 is 9.90 Å². The number of carboxylic acids is 1. The van der Waals surface area contributed by atoms with Gasteiger partial charge in [-0.2, -0.15) is 0 Å². The number of carboxylic acid groups (broad SMARTS) is 1. The molecule has 0 spiro atoms. The van der Waals surface area contributed by atoms with E-state index >= 15 is 0 Å². The highest BCUT2D eigenvalue weighted by molar-refractivity contribution is 5.85. The third kappa shape index (κ3) is 5.70. The van der Waals surface area contributed by atoms with Crippen LogP contribution in [-0.4, -0.2) is 16.1 Å². The van der Waals surface area contributed by atoms with Gasteiger partial charge >= 0.3 is 5.97 Å². The summed E-state index contributed by atoms with van der Waals surface area (Å²) in [6, 6.07) is 14.2. The highest BCUT2D eigenvalue weighted by Crippen LogP contribution is 2.23. The Morgan fingerprint density at radius 1 is 1.05 bits per heavy atom. The van der Waals surface area contributed by atoms with Crippen LogP contribution in [0.3, 0.4) is 0 Å². The van der Waals surface area contributed by atoms with Gasteiger partial charge in [0, 0.05) is 24.4 Å². The molecule has 2 rings (SSSR count). The molecule has 116 valence electrons. The second-order valence-corrected chi connectivity index (χ2v) is 4.87. The number of rotatable bonds is 7. The van der Waals surface area contributed by atoms with E-state index in [0.29, 0.717) is 6.42 Å². The van der Waals surface area contributed by atoms with Gasteiger partial charge in [-0.25, -0.2) is 0 Å². The molecule has 0 radical (unpaired) electrons. The van der Waals surface area contributed by atoms with Gasteiger partial charge in [0.05, 0.1) is 0 Å². The van der Waals surface area contributed by atoms with Gasteiger partial charge in [0.25, 0.3) is 0 Å². The Kier molecular flexibility index (Phi) is 7.94. The molecule has 0 unspecified atom stereocenters. The van der Waals surface area contributed by atoms with Crippen molar-refractivity contribution >= 4 is 23.9 Å². The zero-order valence-electron chi connectivity index (χ0n) is 12.3. The smallest absolute Gasteiger partial charge is 0.303 e. The summed E-state index contributed by atoms with van der Waals surface area (Å²) in [4.78, 5) is 14.7. The first kappa shape index (κ1) is 17.9. The number of benzene rings is 1. The minimum Gasteiger partial charge on any atom is -0.481 e. The molecule has 0 aliphatic rings. The van der Waals surface area contributed by atoms with E-state index in [4.69, 9.17) is 5.11 Å². The normalized spacial score (nSPS) is 10.8. The van der Waals surface area contributed by atoms with E-state index in [0.717, 1.165) is 29.5 Å². The van der Waals surface area contributed by atoms with Crippen LogP contribution in [0.2, 0.25) is 0 Å². The summed E-state index contributed by atoms with van der Waals surface area (Å²) < 4.78 is 0. The number of aromatic nitrogens is 1. The fourth-order valence-corrected chi connectivity index (χ4v) is 2.21. The lowest BCUT2D eigenvalue weighted by molar-refractivity contribution is -0.137. The Morgan fingerprint density at radius 2 is 1.77 bits per heavy atom. The second-order valence-electron chi connectivity index (χ2n) is 4.87. The Labute approximate surface area is 137 Å². The topological polar surface area (TPSA) is 50.2 Å². The molecule has 1 heterocycles. The van der Waals surface area contributed by atoms with E-state index in [-0.39, 0.29) is 18.8 Å². The van der Waals surface area contributed by atoms with Crippen LogP contribution in [0.25, 0.3) is 5.57 Å². The minimum atomic E-state index is -0.727. The molecule has 0 saturated carbocycles. The van der Waals surface area contributed by atoms with Gasteiger partial charge in [0.1, 0.15) is 0 Å². The molecule has 0 bridgehead atoms. The number of nitrogens with zero attached hydrogens (tertiary/aromatic N) is 1. The van der Waals surface area contributed by atoms with Crippen LogP contribution < -0.4 is 0 Å². The number of unbranched alkanes of at least 4 members (excludes halogenated alkanes) is 2. The van der Waals surface area contributed by atoms with Gasteiger partial charge in [-0.05, 0) is 36.5 Å². The van der Waals surface area contributed by atoms with Gasteiger partial charge in [0.2, 0.25) is 0 Å². The predicted octanol–water partition coefficient (Wildman–Crippen LogP) is 4.58. The lowest BCUT2D eigenvalue weighted by atomic mass is 9.97. The Hall–Kier alpha value is -2.13. The van der Waals surface area contributed by atoms with E-state index < -0.39 is 5.97 Å². The van der Waals surface area contributed by atoms with Crippen molar-refractivity contribution in [1.82, 2.24) is 4.98 Å². The van der Waals surface area contributed by atoms with Crippen LogP contribution in [0.4, 0.5) is 0 Å². The number of halogens is 1. The summed E-state index contributed by atoms with van der Waals surface area (Å²) >= 11 is 0. The van der Waals surface area contributed by atoms with Crippen LogP contribution in [-0.2, 0) is 4.79 Å². The maximum absolute atomic E-state index is 10.5. The molecule has 4 heteroatoms. The number of hydrogen-bond acceptors (Lipinski definition) is 2. The monoisotopic (exact) mass is 317 g/mol. The molecule has 0 fully saturated rings. The lowest BCUT2D eigenvalue weighted by Gasteiger charge is -2.08. The molecule has 1 aromatic heterocycles. The molecule has 1 N–H and O–H groups in total. The second kappa shape index (κ2) is 9.74. The third-order valence-corrected chi connectivity index (χ3v) is 3.25. The zero-order chi connectivity index (χ0) is 14.9. The van der Waals surface area contributed by atoms with Gasteiger partial charge in [-0.1, -0.05) is 42.5 Å². The van der Waals surface area contributed by atoms with Crippen molar-refractivity contribution in [2.75, 3.05) is 0 Å². The molecule has 0 amide bonds. The van der Waals surface area contributed by atoms with Crippen molar-refractivity contribution in [3.63, 3.8) is 0 Å². The van der Waals surface area contributed by atoms with Crippen LogP contribution in [0.5, 0.6) is 0 Å². The largest absolute Gasteiger partial charge is 0.481 e. The van der Waals surface area contributed by atoms with E-state index in [2.05, 4.69) is 23.2 Å². The first-order valence-corrected chi connectivity index (χ1v) is 7.15. The summed E-state index contributed by atoms with van der Waals surface area (Å²) in [6.07, 6.45) is 8.49. The van der Waals surface area contributed by atoms with Crippen molar-refractivity contribution in [3.05, 3.63) is 72.1 Å². The number of carbonyl (C=O) groups is 1. The summed E-state index contributed by atoms with van der Waals surface area (Å²) in [6.45, 7) is 0. The van der Waals surface area contributed by atoms with Gasteiger partial charge in [-0.15, -0.1) is 12.4 Å². The maximum atomic E-state index is 10.5. The summed E-state index contributed by atoms with van der Waals surface area (Å²) in [5.41, 5.74) is 3.39. The van der Waals surface area contributed by atoms with E-state index in [9.17, 15) is 4.79 Å². The fourth-order valence-electron chi connectivity index (χ4n) is 2.21. The highest BCUT2D eigenvalue weighted by Gasteiger charge is 2.04. The number of hydrogen-bond donors (Lipinski definition) is 1. The standard InChI is InChI=1S/C18H19NO2.ClH/c20-18(21)12-6-2-5-11-17(15-8-3-1-4-9-15)16-10-7-13-19-14-16;/h1,3-4,7-11,13-14H,2,5-6,12H2,(H,20,21);1H/b17-11-;. The minimum absolute atomic E-state index is 0. The predicted molar refractivity (Wildman–Crippen MR) is 91.1 cm³/mol. The van der Waals surface area contributed by atoms with Gasteiger partial charge in [-0.3, -0.25) is 9.78 Å². The Bertz CT molecular complexity index is 555. The average Bonchev–Trinajstić information content (AvgIpc) is 2.52. The molecule has 2 aromatic rings. The van der Waals surface area contributed by atoms with Gasteiger partial charge < -0.3 is 5.11 Å². The summed E-state index contributed by atoms with van der Waals surface area (Å²) in [7, 11) is 0. The van der Waals surface area contributed by atoms with Gasteiger partial charge in [0.15, 0.2) is 0 Å². The van der Waals surface area contributed by atoms with E-state index in [1.54, 1.807) is 6.20 Å². The SMILES string of the molecule is Cl.O=C(O)CCCC/C=C(/c1ccccc1)c1cccnc1. The molecule has 0 aliphatic carbocycles. The van der Waals surface area contributed by atoms with Crippen molar-refractivity contribution in [2.24, 2.45) is 0 Å². The highest BCUT2D eigenvalue weighted by atomic mass is 35.5.